The van der Waals surface area contributed by atoms with Gasteiger partial charge in [-0.25, -0.2) is 4.79 Å². The number of rotatable bonds is 6. The van der Waals surface area contributed by atoms with Crippen molar-refractivity contribution in [1.82, 2.24) is 4.98 Å². The van der Waals surface area contributed by atoms with Crippen LogP contribution in [0, 0.1) is 5.92 Å². The SMILES string of the molecule is Nc1cccc(C(=O)c2ccc(Br)cc2)c1NC(=O)OCC1CCN(c2ccncc2)CC1. The molecule has 0 saturated carbocycles. The molecule has 33 heavy (non-hydrogen) atoms. The van der Waals surface area contributed by atoms with E-state index in [2.05, 4.69) is 31.1 Å². The highest BCUT2D eigenvalue weighted by Crippen LogP contribution is 2.27. The minimum absolute atomic E-state index is 0.228. The summed E-state index contributed by atoms with van der Waals surface area (Å²) >= 11 is 3.36. The molecule has 3 N–H and O–H groups in total. The molecule has 1 amide bonds. The Kier molecular flexibility index (Phi) is 7.24. The van der Waals surface area contributed by atoms with Gasteiger partial charge >= 0.3 is 6.09 Å². The number of amides is 1. The van der Waals surface area contributed by atoms with Crippen LogP contribution >= 0.6 is 15.9 Å². The zero-order valence-electron chi connectivity index (χ0n) is 18.0. The third-order valence-electron chi connectivity index (χ3n) is 5.77. The fraction of sp³-hybridized carbons (Fsp3) is 0.240. The molecule has 1 fully saturated rings. The molecule has 2 heterocycles. The lowest BCUT2D eigenvalue weighted by Gasteiger charge is -2.33. The first kappa shape index (κ1) is 22.8. The van der Waals surface area contributed by atoms with Gasteiger partial charge in [-0.15, -0.1) is 0 Å². The fourth-order valence-corrected chi connectivity index (χ4v) is 4.16. The highest BCUT2D eigenvalue weighted by atomic mass is 79.9. The van der Waals surface area contributed by atoms with Crippen LogP contribution in [-0.4, -0.2) is 36.6 Å². The third-order valence-corrected chi connectivity index (χ3v) is 6.30. The monoisotopic (exact) mass is 508 g/mol. The lowest BCUT2D eigenvalue weighted by Crippen LogP contribution is -2.35. The largest absolute Gasteiger partial charge is 0.449 e. The van der Waals surface area contributed by atoms with Gasteiger partial charge in [0.25, 0.3) is 0 Å². The molecule has 7 nitrogen and oxygen atoms in total. The lowest BCUT2D eigenvalue weighted by molar-refractivity contribution is 0.103. The summed E-state index contributed by atoms with van der Waals surface area (Å²) in [6.45, 7) is 2.12. The number of carbonyl (C=O) groups is 2. The Balaban J connectivity index is 1.34. The molecule has 1 aliphatic rings. The Labute approximate surface area is 201 Å². The predicted molar refractivity (Wildman–Crippen MR) is 133 cm³/mol. The number of nitrogens with one attached hydrogen (secondary N) is 1. The minimum Gasteiger partial charge on any atom is -0.449 e. The summed E-state index contributed by atoms with van der Waals surface area (Å²) in [6, 6.07) is 16.0. The van der Waals surface area contributed by atoms with Crippen LogP contribution in [0.3, 0.4) is 0 Å². The number of hydrogen-bond donors (Lipinski definition) is 2. The molecule has 0 radical (unpaired) electrons. The Morgan fingerprint density at radius 1 is 1.06 bits per heavy atom. The fourth-order valence-electron chi connectivity index (χ4n) is 3.90. The van der Waals surface area contributed by atoms with Crippen molar-refractivity contribution >= 4 is 44.9 Å². The maximum Gasteiger partial charge on any atom is 0.411 e. The summed E-state index contributed by atoms with van der Waals surface area (Å²) in [5.41, 5.74) is 8.63. The molecule has 170 valence electrons. The number of hydrogen-bond acceptors (Lipinski definition) is 6. The van der Waals surface area contributed by atoms with Crippen LogP contribution in [0.25, 0.3) is 0 Å². The number of nitrogen functional groups attached to an aromatic ring is 1. The van der Waals surface area contributed by atoms with Crippen molar-refractivity contribution in [3.8, 4) is 0 Å². The molecule has 0 unspecified atom stereocenters. The number of anilines is 3. The first-order valence-electron chi connectivity index (χ1n) is 10.8. The number of aromatic nitrogens is 1. The van der Waals surface area contributed by atoms with Gasteiger partial charge in [0, 0.05) is 46.8 Å². The van der Waals surface area contributed by atoms with Crippen molar-refractivity contribution < 1.29 is 14.3 Å². The van der Waals surface area contributed by atoms with Crippen molar-refractivity contribution in [2.75, 3.05) is 35.6 Å². The molecule has 0 atom stereocenters. The van der Waals surface area contributed by atoms with Crippen LogP contribution in [0.4, 0.5) is 21.9 Å². The molecular weight excluding hydrogens is 484 g/mol. The van der Waals surface area contributed by atoms with Gasteiger partial charge in [0.05, 0.1) is 18.0 Å². The van der Waals surface area contributed by atoms with Crippen molar-refractivity contribution in [1.29, 1.82) is 0 Å². The van der Waals surface area contributed by atoms with Gasteiger partial charge in [-0.05, 0) is 67.3 Å². The molecule has 1 saturated heterocycles. The van der Waals surface area contributed by atoms with E-state index >= 15 is 0 Å². The van der Waals surface area contributed by atoms with E-state index in [-0.39, 0.29) is 17.4 Å². The minimum atomic E-state index is -0.616. The van der Waals surface area contributed by atoms with Crippen LogP contribution in [-0.2, 0) is 4.74 Å². The maximum absolute atomic E-state index is 13.0. The van der Waals surface area contributed by atoms with E-state index < -0.39 is 6.09 Å². The van der Waals surface area contributed by atoms with Crippen LogP contribution in [0.2, 0.25) is 0 Å². The van der Waals surface area contributed by atoms with Crippen LogP contribution in [0.1, 0.15) is 28.8 Å². The van der Waals surface area contributed by atoms with E-state index in [0.29, 0.717) is 23.4 Å². The van der Waals surface area contributed by atoms with Gasteiger partial charge in [0.1, 0.15) is 0 Å². The molecule has 8 heteroatoms. The average molecular weight is 509 g/mol. The van der Waals surface area contributed by atoms with Crippen LogP contribution in [0.5, 0.6) is 0 Å². The average Bonchev–Trinajstić information content (AvgIpc) is 2.85. The van der Waals surface area contributed by atoms with Crippen LogP contribution < -0.4 is 16.0 Å². The second kappa shape index (κ2) is 10.5. The van der Waals surface area contributed by atoms with Crippen molar-refractivity contribution in [2.45, 2.75) is 12.8 Å². The van der Waals surface area contributed by atoms with E-state index in [0.717, 1.165) is 36.1 Å². The Morgan fingerprint density at radius 3 is 2.45 bits per heavy atom. The quantitative estimate of drug-likeness (QED) is 0.354. The summed E-state index contributed by atoms with van der Waals surface area (Å²) in [6.07, 6.45) is 4.82. The van der Waals surface area contributed by atoms with Crippen molar-refractivity contribution in [3.05, 3.63) is 82.6 Å². The first-order chi connectivity index (χ1) is 16.0. The molecule has 0 spiro atoms. The summed E-state index contributed by atoms with van der Waals surface area (Å²) in [5, 5.41) is 2.68. The van der Waals surface area contributed by atoms with Gasteiger partial charge < -0.3 is 15.4 Å². The number of ketones is 1. The van der Waals surface area contributed by atoms with Crippen molar-refractivity contribution in [2.24, 2.45) is 5.92 Å². The van der Waals surface area contributed by atoms with Crippen LogP contribution in [0.15, 0.2) is 71.5 Å². The number of nitrogens with two attached hydrogens (primary N) is 1. The summed E-state index contributed by atoms with van der Waals surface area (Å²) in [4.78, 5) is 31.9. The lowest BCUT2D eigenvalue weighted by atomic mass is 9.97. The summed E-state index contributed by atoms with van der Waals surface area (Å²) < 4.78 is 6.36. The number of piperidine rings is 1. The summed E-state index contributed by atoms with van der Waals surface area (Å²) in [7, 11) is 0. The molecular formula is C25H25BrN4O3. The molecule has 2 aromatic carbocycles. The Hall–Kier alpha value is -3.39. The second-order valence-corrected chi connectivity index (χ2v) is 8.88. The Morgan fingerprint density at radius 2 is 1.76 bits per heavy atom. The normalized spacial score (nSPS) is 14.0. The number of pyridine rings is 1. The van der Waals surface area contributed by atoms with Gasteiger partial charge in [0.15, 0.2) is 5.78 Å². The van der Waals surface area contributed by atoms with E-state index in [1.165, 1.54) is 0 Å². The zero-order chi connectivity index (χ0) is 23.2. The molecule has 3 aromatic rings. The van der Waals surface area contributed by atoms with E-state index in [9.17, 15) is 9.59 Å². The standard InChI is InChI=1S/C25H25BrN4O3/c26-19-6-4-18(5-7-19)24(31)21-2-1-3-22(27)23(21)29-25(32)33-16-17-10-14-30(15-11-17)20-8-12-28-13-9-20/h1-9,12-13,17H,10-11,14-16,27H2,(H,29,32). The first-order valence-corrected chi connectivity index (χ1v) is 11.6. The molecule has 0 aliphatic carbocycles. The van der Waals surface area contributed by atoms with Gasteiger partial charge in [-0.1, -0.05) is 22.0 Å². The van der Waals surface area contributed by atoms with E-state index in [1.807, 2.05) is 12.1 Å². The van der Waals surface area contributed by atoms with Gasteiger partial charge in [0.2, 0.25) is 0 Å². The molecule has 1 aromatic heterocycles. The zero-order valence-corrected chi connectivity index (χ0v) is 19.6. The van der Waals surface area contributed by atoms with Crippen molar-refractivity contribution in [3.63, 3.8) is 0 Å². The number of benzene rings is 2. The molecule has 4 rings (SSSR count). The highest BCUT2D eigenvalue weighted by Gasteiger charge is 2.22. The number of para-hydroxylation sites is 1. The van der Waals surface area contributed by atoms with E-state index in [1.54, 1.807) is 54.9 Å². The third kappa shape index (κ3) is 5.70. The Bertz CT molecular complexity index is 1110. The topological polar surface area (TPSA) is 97.5 Å². The highest BCUT2D eigenvalue weighted by molar-refractivity contribution is 9.10. The predicted octanol–water partition coefficient (Wildman–Crippen LogP) is 5.12. The summed E-state index contributed by atoms with van der Waals surface area (Å²) in [5.74, 6) is 0.0550. The van der Waals surface area contributed by atoms with Gasteiger partial charge in [-0.3, -0.25) is 15.1 Å². The number of carbonyl (C=O) groups excluding carboxylic acids is 2. The molecule has 0 bridgehead atoms. The maximum atomic E-state index is 13.0. The van der Waals surface area contributed by atoms with Gasteiger partial charge in [-0.2, -0.15) is 0 Å². The van der Waals surface area contributed by atoms with E-state index in [4.69, 9.17) is 10.5 Å². The number of ether oxygens (including phenoxy) is 1. The molecule has 1 aliphatic heterocycles. The second-order valence-electron chi connectivity index (χ2n) is 7.97. The number of nitrogens with zero attached hydrogens (tertiary/aromatic N) is 2. The smallest absolute Gasteiger partial charge is 0.411 e. The number of halogens is 1.